The van der Waals surface area contributed by atoms with Crippen molar-refractivity contribution in [2.24, 2.45) is 0 Å². The van der Waals surface area contributed by atoms with Crippen LogP contribution in [0.15, 0.2) is 56.3 Å². The van der Waals surface area contributed by atoms with Crippen molar-refractivity contribution in [3.05, 3.63) is 51.4 Å². The number of amides is 1. The van der Waals surface area contributed by atoms with Gasteiger partial charge in [-0.3, -0.25) is 4.79 Å². The van der Waals surface area contributed by atoms with Gasteiger partial charge in [0, 0.05) is 25.2 Å². The van der Waals surface area contributed by atoms with Crippen molar-refractivity contribution in [2.75, 3.05) is 16.8 Å². The van der Waals surface area contributed by atoms with Crippen LogP contribution in [0, 0.1) is 0 Å². The Bertz CT molecular complexity index is 617. The summed E-state index contributed by atoms with van der Waals surface area (Å²) in [5.74, 6) is 0.305. The summed E-state index contributed by atoms with van der Waals surface area (Å²) in [5, 5.41) is 2.85. The Kier molecular flexibility index (Phi) is 5.51. The highest BCUT2D eigenvalue weighted by Gasteiger charge is 2.06. The molecule has 2 aromatic carbocycles. The van der Waals surface area contributed by atoms with Gasteiger partial charge >= 0.3 is 0 Å². The predicted octanol–water partition coefficient (Wildman–Crippen LogP) is 4.52. The number of nitrogens with two attached hydrogens (primary N) is 1. The molecule has 0 aliphatic heterocycles. The lowest BCUT2D eigenvalue weighted by Crippen LogP contribution is -2.13. The van der Waals surface area contributed by atoms with Crippen LogP contribution in [0.4, 0.5) is 11.4 Å². The van der Waals surface area contributed by atoms with Gasteiger partial charge in [-0.1, -0.05) is 15.9 Å². The average molecular weight is 416 g/mol. The predicted molar refractivity (Wildman–Crippen MR) is 92.1 cm³/mol. The van der Waals surface area contributed by atoms with E-state index in [4.69, 9.17) is 5.73 Å². The van der Waals surface area contributed by atoms with E-state index < -0.39 is 0 Å². The zero-order valence-corrected chi connectivity index (χ0v) is 14.4. The lowest BCUT2D eigenvalue weighted by atomic mass is 10.3. The van der Waals surface area contributed by atoms with Crippen LogP contribution in [-0.4, -0.2) is 11.7 Å². The van der Waals surface area contributed by atoms with Crippen molar-refractivity contribution in [1.82, 2.24) is 0 Å². The molecule has 1 amide bonds. The maximum atomic E-state index is 11.9. The van der Waals surface area contributed by atoms with Crippen LogP contribution in [0.2, 0.25) is 0 Å². The number of hydrogen-bond donors (Lipinski definition) is 2. The summed E-state index contributed by atoms with van der Waals surface area (Å²) in [5.41, 5.74) is 7.16. The van der Waals surface area contributed by atoms with E-state index in [-0.39, 0.29) is 5.91 Å². The average Bonchev–Trinajstić information content (AvgIpc) is 2.40. The van der Waals surface area contributed by atoms with Gasteiger partial charge in [-0.05, 0) is 58.4 Å². The molecular weight excluding hydrogens is 404 g/mol. The molecule has 0 unspecified atom stereocenters. The fourth-order valence-electron chi connectivity index (χ4n) is 1.51. The van der Waals surface area contributed by atoms with E-state index in [0.29, 0.717) is 11.4 Å². The molecule has 0 heterocycles. The first-order valence-corrected chi connectivity index (χ1v) is 8.35. The quantitative estimate of drug-likeness (QED) is 0.569. The molecule has 0 aliphatic carbocycles. The molecule has 0 atom stereocenters. The Labute approximate surface area is 138 Å². The van der Waals surface area contributed by atoms with Crippen LogP contribution in [0.1, 0.15) is 0 Å². The van der Waals surface area contributed by atoms with E-state index >= 15 is 0 Å². The van der Waals surface area contributed by atoms with Gasteiger partial charge in [-0.25, -0.2) is 0 Å². The number of rotatable bonds is 4. The summed E-state index contributed by atoms with van der Waals surface area (Å²) >= 11 is 8.25. The van der Waals surface area contributed by atoms with E-state index in [1.54, 1.807) is 0 Å². The number of carbonyl (C=O) groups is 1. The monoisotopic (exact) mass is 414 g/mol. The van der Waals surface area contributed by atoms with Crippen LogP contribution >= 0.6 is 43.6 Å². The molecular formula is C14H12Br2N2OS. The third-order valence-electron chi connectivity index (χ3n) is 2.44. The Balaban J connectivity index is 1.90. The number of thioether (sulfide) groups is 1. The van der Waals surface area contributed by atoms with Crippen molar-refractivity contribution in [3.8, 4) is 0 Å². The maximum Gasteiger partial charge on any atom is 0.234 e. The summed E-state index contributed by atoms with van der Waals surface area (Å²) < 4.78 is 1.88. The molecule has 2 rings (SSSR count). The number of halogens is 2. The van der Waals surface area contributed by atoms with E-state index in [1.807, 2.05) is 42.5 Å². The topological polar surface area (TPSA) is 55.1 Å². The van der Waals surface area contributed by atoms with Gasteiger partial charge in [0.2, 0.25) is 5.91 Å². The second kappa shape index (κ2) is 7.15. The van der Waals surface area contributed by atoms with Gasteiger partial charge in [-0.2, -0.15) is 0 Å². The lowest BCUT2D eigenvalue weighted by Gasteiger charge is -2.07. The summed E-state index contributed by atoms with van der Waals surface area (Å²) in [6.07, 6.45) is 0. The number of carbonyl (C=O) groups excluding carboxylic acids is 1. The number of benzene rings is 2. The largest absolute Gasteiger partial charge is 0.399 e. The van der Waals surface area contributed by atoms with Crippen LogP contribution in [0.3, 0.4) is 0 Å². The first-order chi connectivity index (χ1) is 9.54. The molecule has 3 N–H and O–H groups in total. The van der Waals surface area contributed by atoms with Crippen LogP contribution < -0.4 is 11.1 Å². The molecule has 0 fully saturated rings. The summed E-state index contributed by atoms with van der Waals surface area (Å²) in [6.45, 7) is 0. The van der Waals surface area contributed by atoms with Crippen LogP contribution in [-0.2, 0) is 4.79 Å². The molecule has 0 saturated heterocycles. The molecule has 0 aliphatic rings. The molecule has 0 aromatic heterocycles. The van der Waals surface area contributed by atoms with Crippen LogP contribution in [0.5, 0.6) is 0 Å². The molecule has 2 aromatic rings. The Hall–Kier alpha value is -0.980. The second-order valence-corrected chi connectivity index (χ2v) is 6.82. The van der Waals surface area contributed by atoms with E-state index in [1.165, 1.54) is 11.8 Å². The van der Waals surface area contributed by atoms with Gasteiger partial charge in [-0.15, -0.1) is 11.8 Å². The van der Waals surface area contributed by atoms with Gasteiger partial charge < -0.3 is 11.1 Å². The lowest BCUT2D eigenvalue weighted by molar-refractivity contribution is -0.113. The highest BCUT2D eigenvalue weighted by molar-refractivity contribution is 9.10. The fraction of sp³-hybridized carbons (Fsp3) is 0.0714. The van der Waals surface area contributed by atoms with Gasteiger partial charge in [0.05, 0.1) is 5.75 Å². The third kappa shape index (κ3) is 4.54. The first-order valence-electron chi connectivity index (χ1n) is 5.78. The summed E-state index contributed by atoms with van der Waals surface area (Å²) in [6, 6.07) is 13.0. The molecule has 0 spiro atoms. The smallest absolute Gasteiger partial charge is 0.234 e. The summed E-state index contributed by atoms with van der Waals surface area (Å²) in [4.78, 5) is 12.9. The highest BCUT2D eigenvalue weighted by Crippen LogP contribution is 2.29. The Morgan fingerprint density at radius 2 is 1.85 bits per heavy atom. The van der Waals surface area contributed by atoms with Gasteiger partial charge in [0.25, 0.3) is 0 Å². The fourth-order valence-corrected chi connectivity index (χ4v) is 3.23. The Morgan fingerprint density at radius 1 is 1.15 bits per heavy atom. The minimum absolute atomic E-state index is 0.0407. The second-order valence-electron chi connectivity index (χ2n) is 4.03. The van der Waals surface area contributed by atoms with Crippen molar-refractivity contribution in [1.29, 1.82) is 0 Å². The van der Waals surface area contributed by atoms with Crippen LogP contribution in [0.25, 0.3) is 0 Å². The van der Waals surface area contributed by atoms with Gasteiger partial charge in [0.1, 0.15) is 0 Å². The molecule has 0 saturated carbocycles. The standard InChI is InChI=1S/C14H12Br2N2OS/c15-9-1-4-11(5-2-9)18-14(19)8-20-13-6-3-10(17)7-12(13)16/h1-7H,8,17H2,(H,18,19). The zero-order chi connectivity index (χ0) is 14.5. The van der Waals surface area contributed by atoms with Gasteiger partial charge in [0.15, 0.2) is 0 Å². The van der Waals surface area contributed by atoms with E-state index in [0.717, 1.165) is 19.5 Å². The maximum absolute atomic E-state index is 11.9. The normalized spacial score (nSPS) is 10.3. The van der Waals surface area contributed by atoms with E-state index in [2.05, 4.69) is 37.2 Å². The zero-order valence-electron chi connectivity index (χ0n) is 10.4. The number of nitrogens with one attached hydrogen (secondary N) is 1. The summed E-state index contributed by atoms with van der Waals surface area (Å²) in [7, 11) is 0. The van der Waals surface area contributed by atoms with Crippen molar-refractivity contribution < 1.29 is 4.79 Å². The molecule has 20 heavy (non-hydrogen) atoms. The Morgan fingerprint density at radius 3 is 2.50 bits per heavy atom. The highest BCUT2D eigenvalue weighted by atomic mass is 79.9. The molecule has 104 valence electrons. The first kappa shape index (κ1) is 15.4. The minimum Gasteiger partial charge on any atom is -0.399 e. The van der Waals surface area contributed by atoms with E-state index in [9.17, 15) is 4.79 Å². The van der Waals surface area contributed by atoms with Crippen molar-refractivity contribution in [3.63, 3.8) is 0 Å². The van der Waals surface area contributed by atoms with Crippen molar-refractivity contribution in [2.45, 2.75) is 4.90 Å². The molecule has 0 bridgehead atoms. The number of anilines is 2. The number of nitrogen functional groups attached to an aromatic ring is 1. The molecule has 6 heteroatoms. The molecule has 0 radical (unpaired) electrons. The van der Waals surface area contributed by atoms with Crippen molar-refractivity contribution >= 4 is 60.9 Å². The minimum atomic E-state index is -0.0407. The molecule has 3 nitrogen and oxygen atoms in total. The third-order valence-corrected chi connectivity index (χ3v) is 4.96. The SMILES string of the molecule is Nc1ccc(SCC(=O)Nc2ccc(Br)cc2)c(Br)c1. The number of hydrogen-bond acceptors (Lipinski definition) is 3.